The largest absolute Gasteiger partial charge is 0.481 e. The lowest BCUT2D eigenvalue weighted by molar-refractivity contribution is -0.123. The summed E-state index contributed by atoms with van der Waals surface area (Å²) in [7, 11) is -3.02. The summed E-state index contributed by atoms with van der Waals surface area (Å²) in [5, 5.41) is 8.32. The van der Waals surface area contributed by atoms with Crippen LogP contribution >= 0.6 is 0 Å². The molecule has 0 radical (unpaired) electrons. The Morgan fingerprint density at radius 3 is 2.86 bits per heavy atom. The highest BCUT2D eigenvalue weighted by Crippen LogP contribution is 2.26. The first-order valence-corrected chi connectivity index (χ1v) is 10.5. The highest BCUT2D eigenvalue weighted by atomic mass is 32.2. The lowest BCUT2D eigenvalue weighted by atomic mass is 10.2. The predicted octanol–water partition coefficient (Wildman–Crippen LogP) is 1.53. The molecule has 1 aliphatic rings. The van der Waals surface area contributed by atoms with Gasteiger partial charge in [0, 0.05) is 11.3 Å². The van der Waals surface area contributed by atoms with Crippen molar-refractivity contribution in [1.29, 1.82) is 0 Å². The second-order valence-corrected chi connectivity index (χ2v) is 8.83. The molecule has 150 valence electrons. The van der Waals surface area contributed by atoms with Crippen molar-refractivity contribution < 1.29 is 22.3 Å². The van der Waals surface area contributed by atoms with E-state index in [1.165, 1.54) is 24.4 Å². The number of hydrogen-bond acceptors (Lipinski definition) is 6. The molecule has 0 saturated carbocycles. The Hall–Kier alpha value is -2.75. The molecule has 28 heavy (non-hydrogen) atoms. The van der Waals surface area contributed by atoms with Crippen LogP contribution in [0.3, 0.4) is 0 Å². The van der Waals surface area contributed by atoms with Crippen LogP contribution < -0.4 is 10.2 Å². The Balaban J connectivity index is 1.60. The van der Waals surface area contributed by atoms with Gasteiger partial charge in [0.05, 0.1) is 29.5 Å². The maximum atomic E-state index is 13.4. The number of amides is 1. The summed E-state index contributed by atoms with van der Waals surface area (Å²) in [5.41, 5.74) is 4.49. The zero-order valence-electron chi connectivity index (χ0n) is 15.6. The van der Waals surface area contributed by atoms with Crippen LogP contribution in [-0.4, -0.2) is 48.4 Å². The molecule has 2 aromatic rings. The van der Waals surface area contributed by atoms with Gasteiger partial charge in [-0.15, -0.1) is 0 Å². The van der Waals surface area contributed by atoms with Gasteiger partial charge in [0.2, 0.25) is 0 Å². The van der Waals surface area contributed by atoms with E-state index in [4.69, 9.17) is 4.74 Å². The Morgan fingerprint density at radius 2 is 2.18 bits per heavy atom. The predicted molar refractivity (Wildman–Crippen MR) is 102 cm³/mol. The van der Waals surface area contributed by atoms with E-state index >= 15 is 0 Å². The molecular weight excluding hydrogens is 387 g/mol. The van der Waals surface area contributed by atoms with Crippen molar-refractivity contribution in [2.24, 2.45) is 5.10 Å². The molecule has 0 spiro atoms. The van der Waals surface area contributed by atoms with E-state index in [0.717, 1.165) is 5.69 Å². The number of para-hydroxylation sites is 1. The van der Waals surface area contributed by atoms with Gasteiger partial charge in [0.15, 0.2) is 28.0 Å². The van der Waals surface area contributed by atoms with Crippen LogP contribution in [0.2, 0.25) is 0 Å². The van der Waals surface area contributed by atoms with Gasteiger partial charge in [-0.05, 0) is 32.4 Å². The fourth-order valence-corrected chi connectivity index (χ4v) is 4.78. The van der Waals surface area contributed by atoms with Gasteiger partial charge in [0.1, 0.15) is 0 Å². The molecule has 0 bridgehead atoms. The molecular formula is C18H21FN4O4S. The highest BCUT2D eigenvalue weighted by Gasteiger charge is 2.31. The number of nitrogens with one attached hydrogen (secondary N) is 1. The lowest BCUT2D eigenvalue weighted by Gasteiger charge is -2.10. The van der Waals surface area contributed by atoms with Gasteiger partial charge >= 0.3 is 0 Å². The Bertz CT molecular complexity index is 1020. The number of hydrazone groups is 1. The van der Waals surface area contributed by atoms with Gasteiger partial charge in [-0.1, -0.05) is 12.1 Å². The smallest absolute Gasteiger partial charge is 0.277 e. The number of hydrogen-bond donors (Lipinski definition) is 1. The van der Waals surface area contributed by atoms with Gasteiger partial charge in [-0.25, -0.2) is 18.2 Å². The molecule has 3 rings (SSSR count). The number of aryl methyl sites for hydroxylation is 1. The number of aromatic nitrogens is 2. The molecule has 1 N–H and O–H groups in total. The number of sulfone groups is 1. The number of ether oxygens (including phenoxy) is 1. The summed E-state index contributed by atoms with van der Waals surface area (Å²) < 4.78 is 43.7. The molecule has 1 saturated heterocycles. The molecule has 8 nitrogen and oxygen atoms in total. The third-order valence-corrected chi connectivity index (χ3v) is 6.26. The summed E-state index contributed by atoms with van der Waals surface area (Å²) in [6.45, 7) is 3.24. The highest BCUT2D eigenvalue weighted by molar-refractivity contribution is 7.91. The third-order valence-electron chi connectivity index (χ3n) is 4.51. The molecule has 1 amide bonds. The Labute approximate surface area is 162 Å². The van der Waals surface area contributed by atoms with E-state index in [9.17, 15) is 17.6 Å². The molecule has 10 heteroatoms. The maximum Gasteiger partial charge on any atom is 0.277 e. The number of carbonyl (C=O) groups excluding carboxylic acids is 1. The summed E-state index contributed by atoms with van der Waals surface area (Å²) in [4.78, 5) is 11.8. The monoisotopic (exact) mass is 408 g/mol. The fourth-order valence-electron chi connectivity index (χ4n) is 3.09. The standard InChI is InChI=1S/C18H21FN4O4S/c1-12-15(13(2)23(22-12)14-7-8-28(25,26)11-14)9-20-21-18(24)10-27-17-6-4-3-5-16(17)19/h3-6,9,14H,7-8,10-11H2,1-2H3,(H,21,24)/b20-9+. The first-order chi connectivity index (χ1) is 13.3. The summed E-state index contributed by atoms with van der Waals surface area (Å²) in [6, 6.07) is 5.61. The molecule has 1 aliphatic heterocycles. The van der Waals surface area contributed by atoms with Gasteiger partial charge in [0.25, 0.3) is 5.91 Å². The number of carbonyl (C=O) groups is 1. The van der Waals surface area contributed by atoms with E-state index in [1.54, 1.807) is 17.7 Å². The Kier molecular flexibility index (Phi) is 5.78. The molecule has 1 fully saturated rings. The number of halogens is 1. The first kappa shape index (κ1) is 20.0. The SMILES string of the molecule is Cc1nn(C2CCS(=O)(=O)C2)c(C)c1/C=N/NC(=O)COc1ccccc1F. The molecule has 1 aromatic carbocycles. The van der Waals surface area contributed by atoms with Crippen LogP contribution in [0.5, 0.6) is 5.75 Å². The zero-order chi connectivity index (χ0) is 20.3. The number of nitrogens with zero attached hydrogens (tertiary/aromatic N) is 3. The van der Waals surface area contributed by atoms with Gasteiger partial charge < -0.3 is 4.74 Å². The molecule has 1 aromatic heterocycles. The van der Waals surface area contributed by atoms with Crippen LogP contribution in [0.4, 0.5) is 4.39 Å². The van der Waals surface area contributed by atoms with Crippen molar-refractivity contribution in [3.8, 4) is 5.75 Å². The molecule has 1 unspecified atom stereocenters. The van der Waals surface area contributed by atoms with Gasteiger partial charge in [-0.3, -0.25) is 9.48 Å². The van der Waals surface area contributed by atoms with Crippen molar-refractivity contribution >= 4 is 22.0 Å². The van der Waals surface area contributed by atoms with Crippen molar-refractivity contribution in [2.45, 2.75) is 26.3 Å². The van der Waals surface area contributed by atoms with Crippen molar-refractivity contribution in [3.63, 3.8) is 0 Å². The zero-order valence-corrected chi connectivity index (χ0v) is 16.4. The Morgan fingerprint density at radius 1 is 1.43 bits per heavy atom. The van der Waals surface area contributed by atoms with E-state index in [2.05, 4.69) is 15.6 Å². The van der Waals surface area contributed by atoms with E-state index in [1.807, 2.05) is 6.92 Å². The normalized spacial score (nSPS) is 18.5. The molecule has 0 aliphatic carbocycles. The quantitative estimate of drug-likeness (QED) is 0.577. The molecule has 2 heterocycles. The van der Waals surface area contributed by atoms with Crippen LogP contribution in [0, 0.1) is 19.7 Å². The van der Waals surface area contributed by atoms with Crippen LogP contribution in [0.25, 0.3) is 0 Å². The number of benzene rings is 1. The lowest BCUT2D eigenvalue weighted by Crippen LogP contribution is -2.24. The minimum atomic E-state index is -3.02. The van der Waals surface area contributed by atoms with E-state index in [0.29, 0.717) is 17.7 Å². The van der Waals surface area contributed by atoms with Gasteiger partial charge in [-0.2, -0.15) is 10.2 Å². The average molecular weight is 408 g/mol. The van der Waals surface area contributed by atoms with E-state index < -0.39 is 21.6 Å². The summed E-state index contributed by atoms with van der Waals surface area (Å²) in [5.74, 6) is -0.857. The second-order valence-electron chi connectivity index (χ2n) is 6.60. The third kappa shape index (κ3) is 4.56. The van der Waals surface area contributed by atoms with Crippen molar-refractivity contribution in [1.82, 2.24) is 15.2 Å². The minimum absolute atomic E-state index is 0.0129. The maximum absolute atomic E-state index is 13.4. The van der Waals surface area contributed by atoms with Crippen LogP contribution in [-0.2, 0) is 14.6 Å². The fraction of sp³-hybridized carbons (Fsp3) is 0.389. The van der Waals surface area contributed by atoms with Crippen LogP contribution in [0.1, 0.15) is 29.4 Å². The second kappa shape index (κ2) is 8.09. The first-order valence-electron chi connectivity index (χ1n) is 8.72. The topological polar surface area (TPSA) is 103 Å². The van der Waals surface area contributed by atoms with Crippen LogP contribution in [0.15, 0.2) is 29.4 Å². The summed E-state index contributed by atoms with van der Waals surface area (Å²) >= 11 is 0. The minimum Gasteiger partial charge on any atom is -0.481 e. The molecule has 1 atom stereocenters. The van der Waals surface area contributed by atoms with Crippen molar-refractivity contribution in [3.05, 3.63) is 47.0 Å². The summed E-state index contributed by atoms with van der Waals surface area (Å²) in [6.07, 6.45) is 1.99. The van der Waals surface area contributed by atoms with E-state index in [-0.39, 0.29) is 29.9 Å². The average Bonchev–Trinajstić information content (AvgIpc) is 3.14. The van der Waals surface area contributed by atoms with Crippen molar-refractivity contribution in [2.75, 3.05) is 18.1 Å². The number of rotatable bonds is 6.